The molecule has 2 aromatic heterocycles. The van der Waals surface area contributed by atoms with Gasteiger partial charge in [-0.25, -0.2) is 0 Å². The molecule has 8 heteroatoms. The highest BCUT2D eigenvalue weighted by Gasteiger charge is 2.11. The van der Waals surface area contributed by atoms with Crippen LogP contribution in [0.3, 0.4) is 0 Å². The maximum atomic E-state index is 11.7. The summed E-state index contributed by atoms with van der Waals surface area (Å²) >= 11 is 6.58. The van der Waals surface area contributed by atoms with Gasteiger partial charge < -0.3 is 20.6 Å². The lowest BCUT2D eigenvalue weighted by Crippen LogP contribution is -2.12. The Hall–Kier alpha value is -3.10. The minimum atomic E-state index is -0.155. The lowest BCUT2D eigenvalue weighted by Gasteiger charge is -2.03. The molecule has 30 heavy (non-hydrogen) atoms. The SMILES string of the molecule is O=C(Nc1ccccc1)c1[nH]ccc1Br.O=C(Nc1ccccc1)c1[nH]ccc1Br. The van der Waals surface area contributed by atoms with E-state index in [1.165, 1.54) is 0 Å². The van der Waals surface area contributed by atoms with Gasteiger partial charge in [0, 0.05) is 32.7 Å². The van der Waals surface area contributed by atoms with Crippen molar-refractivity contribution >= 4 is 55.0 Å². The third kappa shape index (κ3) is 5.95. The number of rotatable bonds is 4. The summed E-state index contributed by atoms with van der Waals surface area (Å²) in [7, 11) is 0. The number of nitrogens with one attached hydrogen (secondary N) is 4. The highest BCUT2D eigenvalue weighted by atomic mass is 79.9. The molecule has 4 aromatic rings. The Bertz CT molecular complexity index is 1020. The number of hydrogen-bond donors (Lipinski definition) is 4. The fourth-order valence-electron chi connectivity index (χ4n) is 2.48. The zero-order valence-electron chi connectivity index (χ0n) is 15.7. The van der Waals surface area contributed by atoms with Crippen molar-refractivity contribution in [3.05, 3.63) is 106 Å². The van der Waals surface area contributed by atoms with Gasteiger partial charge in [0.05, 0.1) is 0 Å². The number of aromatic amines is 2. The Balaban J connectivity index is 0.000000171. The molecule has 4 N–H and O–H groups in total. The monoisotopic (exact) mass is 528 g/mol. The van der Waals surface area contributed by atoms with Gasteiger partial charge in [-0.1, -0.05) is 36.4 Å². The highest BCUT2D eigenvalue weighted by Crippen LogP contribution is 2.17. The first-order valence-electron chi connectivity index (χ1n) is 8.93. The molecule has 0 radical (unpaired) electrons. The largest absolute Gasteiger partial charge is 0.356 e. The summed E-state index contributed by atoms with van der Waals surface area (Å²) in [6.45, 7) is 0. The Morgan fingerprint density at radius 3 is 1.27 bits per heavy atom. The van der Waals surface area contributed by atoms with Gasteiger partial charge in [0.2, 0.25) is 0 Å². The molecule has 152 valence electrons. The van der Waals surface area contributed by atoms with E-state index >= 15 is 0 Å². The summed E-state index contributed by atoms with van der Waals surface area (Å²) < 4.78 is 1.52. The van der Waals surface area contributed by atoms with E-state index in [1.54, 1.807) is 24.5 Å². The molecular formula is C22H18Br2N4O2. The van der Waals surface area contributed by atoms with Gasteiger partial charge in [0.1, 0.15) is 11.4 Å². The van der Waals surface area contributed by atoms with Crippen LogP contribution in [-0.2, 0) is 0 Å². The number of amides is 2. The number of hydrogen-bond acceptors (Lipinski definition) is 2. The normalized spacial score (nSPS) is 9.93. The predicted molar refractivity (Wildman–Crippen MR) is 126 cm³/mol. The molecule has 0 spiro atoms. The Labute approximate surface area is 190 Å². The average molecular weight is 530 g/mol. The van der Waals surface area contributed by atoms with Crippen LogP contribution in [0.25, 0.3) is 0 Å². The number of benzene rings is 2. The lowest BCUT2D eigenvalue weighted by molar-refractivity contribution is 0.101. The zero-order chi connectivity index (χ0) is 21.3. The van der Waals surface area contributed by atoms with Crippen molar-refractivity contribution in [1.82, 2.24) is 9.97 Å². The topological polar surface area (TPSA) is 89.8 Å². The Morgan fingerprint density at radius 2 is 0.967 bits per heavy atom. The molecule has 0 aliphatic rings. The molecule has 2 heterocycles. The first-order valence-corrected chi connectivity index (χ1v) is 10.5. The van der Waals surface area contributed by atoms with Crippen LogP contribution in [0.1, 0.15) is 21.0 Å². The van der Waals surface area contributed by atoms with Crippen LogP contribution in [-0.4, -0.2) is 21.8 Å². The van der Waals surface area contributed by atoms with Crippen LogP contribution < -0.4 is 10.6 Å². The number of para-hydroxylation sites is 2. The van der Waals surface area contributed by atoms with Gasteiger partial charge in [-0.3, -0.25) is 9.59 Å². The molecule has 0 aliphatic carbocycles. The summed E-state index contributed by atoms with van der Waals surface area (Å²) in [6, 6.07) is 22.3. The van der Waals surface area contributed by atoms with E-state index in [9.17, 15) is 9.59 Å². The standard InChI is InChI=1S/2C11H9BrN2O/c2*12-9-6-7-13-10(9)11(15)14-8-4-2-1-3-5-8/h2*1-7,13H,(H,14,15). The van der Waals surface area contributed by atoms with E-state index in [0.29, 0.717) is 11.4 Å². The van der Waals surface area contributed by atoms with Gasteiger partial charge >= 0.3 is 0 Å². The molecule has 0 unspecified atom stereocenters. The molecule has 2 aromatic carbocycles. The maximum absolute atomic E-state index is 11.7. The summed E-state index contributed by atoms with van der Waals surface area (Å²) in [5.74, 6) is -0.309. The van der Waals surface area contributed by atoms with Gasteiger partial charge in [-0.2, -0.15) is 0 Å². The van der Waals surface area contributed by atoms with Gasteiger partial charge in [0.15, 0.2) is 0 Å². The third-order valence-corrected chi connectivity index (χ3v) is 5.23. The molecule has 6 nitrogen and oxygen atoms in total. The van der Waals surface area contributed by atoms with Crippen molar-refractivity contribution < 1.29 is 9.59 Å². The lowest BCUT2D eigenvalue weighted by atomic mass is 10.3. The number of carbonyl (C=O) groups excluding carboxylic acids is 2. The molecule has 0 saturated carbocycles. The summed E-state index contributed by atoms with van der Waals surface area (Å²) in [5.41, 5.74) is 2.62. The van der Waals surface area contributed by atoms with E-state index < -0.39 is 0 Å². The molecule has 0 saturated heterocycles. The van der Waals surface area contributed by atoms with E-state index in [0.717, 1.165) is 20.3 Å². The quantitative estimate of drug-likeness (QED) is 0.259. The molecule has 0 aliphatic heterocycles. The van der Waals surface area contributed by atoms with Gasteiger partial charge in [0.25, 0.3) is 11.8 Å². The number of halogens is 2. The Kier molecular flexibility index (Phi) is 7.64. The first-order chi connectivity index (χ1) is 14.5. The van der Waals surface area contributed by atoms with Crippen molar-refractivity contribution in [1.29, 1.82) is 0 Å². The number of H-pyrrole nitrogens is 2. The second kappa shape index (κ2) is 10.6. The highest BCUT2D eigenvalue weighted by molar-refractivity contribution is 9.10. The molecule has 0 atom stereocenters. The molecule has 4 rings (SSSR count). The van der Waals surface area contributed by atoms with E-state index in [1.807, 2.05) is 60.7 Å². The molecular weight excluding hydrogens is 512 g/mol. The third-order valence-electron chi connectivity index (χ3n) is 3.91. The van der Waals surface area contributed by atoms with Crippen molar-refractivity contribution in [3.63, 3.8) is 0 Å². The van der Waals surface area contributed by atoms with Crippen LogP contribution in [0.4, 0.5) is 11.4 Å². The first kappa shape index (κ1) is 21.6. The second-order valence-corrected chi connectivity index (χ2v) is 7.75. The van der Waals surface area contributed by atoms with E-state index in [2.05, 4.69) is 52.5 Å². The number of carbonyl (C=O) groups is 2. The van der Waals surface area contributed by atoms with Gasteiger partial charge in [-0.15, -0.1) is 0 Å². The van der Waals surface area contributed by atoms with Crippen LogP contribution >= 0.6 is 31.9 Å². The van der Waals surface area contributed by atoms with Crippen molar-refractivity contribution in [2.24, 2.45) is 0 Å². The van der Waals surface area contributed by atoms with E-state index in [-0.39, 0.29) is 11.8 Å². The second-order valence-electron chi connectivity index (χ2n) is 6.04. The van der Waals surface area contributed by atoms with Crippen LogP contribution in [0.5, 0.6) is 0 Å². The van der Waals surface area contributed by atoms with Crippen LogP contribution in [0.15, 0.2) is 94.1 Å². The minimum Gasteiger partial charge on any atom is -0.356 e. The fourth-order valence-corrected chi connectivity index (χ4v) is 3.33. The van der Waals surface area contributed by atoms with Crippen LogP contribution in [0, 0.1) is 0 Å². The Morgan fingerprint density at radius 1 is 0.600 bits per heavy atom. The van der Waals surface area contributed by atoms with Crippen molar-refractivity contribution in [3.8, 4) is 0 Å². The maximum Gasteiger partial charge on any atom is 0.273 e. The van der Waals surface area contributed by atoms with Gasteiger partial charge in [-0.05, 0) is 68.3 Å². The number of aromatic nitrogens is 2. The predicted octanol–water partition coefficient (Wildman–Crippen LogP) is 6.06. The molecule has 2 amide bonds. The van der Waals surface area contributed by atoms with Crippen molar-refractivity contribution in [2.75, 3.05) is 10.6 Å². The molecule has 0 bridgehead atoms. The summed E-state index contributed by atoms with van der Waals surface area (Å²) in [5, 5.41) is 5.57. The minimum absolute atomic E-state index is 0.155. The van der Waals surface area contributed by atoms with Crippen LogP contribution in [0.2, 0.25) is 0 Å². The van der Waals surface area contributed by atoms with E-state index in [4.69, 9.17) is 0 Å². The number of anilines is 2. The molecule has 0 fully saturated rings. The fraction of sp³-hybridized carbons (Fsp3) is 0. The summed E-state index contributed by atoms with van der Waals surface area (Å²) in [4.78, 5) is 29.2. The van der Waals surface area contributed by atoms with Crippen molar-refractivity contribution in [2.45, 2.75) is 0 Å². The summed E-state index contributed by atoms with van der Waals surface area (Å²) in [6.07, 6.45) is 3.42. The smallest absolute Gasteiger partial charge is 0.273 e. The average Bonchev–Trinajstić information content (AvgIpc) is 3.38. The zero-order valence-corrected chi connectivity index (χ0v) is 18.8.